The van der Waals surface area contributed by atoms with E-state index >= 15 is 0 Å². The molecule has 1 aliphatic rings. The van der Waals surface area contributed by atoms with E-state index in [4.69, 9.17) is 5.73 Å². The first-order valence-corrected chi connectivity index (χ1v) is 7.22. The Kier molecular flexibility index (Phi) is 4.65. The first kappa shape index (κ1) is 13.4. The van der Waals surface area contributed by atoms with E-state index in [-0.39, 0.29) is 0 Å². The average Bonchev–Trinajstić information content (AvgIpc) is 2.62. The quantitative estimate of drug-likeness (QED) is 0.650. The maximum absolute atomic E-state index is 5.87. The number of nitrogens with two attached hydrogens (primary N) is 1. The van der Waals surface area contributed by atoms with Gasteiger partial charge in [0.2, 0.25) is 0 Å². The van der Waals surface area contributed by atoms with E-state index in [2.05, 4.69) is 31.0 Å². The fourth-order valence-corrected chi connectivity index (χ4v) is 2.95. The largest absolute Gasteiger partial charge is 0.399 e. The highest BCUT2D eigenvalue weighted by atomic mass is 15.1. The van der Waals surface area contributed by atoms with Crippen LogP contribution in [0.15, 0.2) is 18.2 Å². The highest BCUT2D eigenvalue weighted by Crippen LogP contribution is 2.23. The Morgan fingerprint density at radius 1 is 1.17 bits per heavy atom. The third-order valence-electron chi connectivity index (χ3n) is 4.21. The summed E-state index contributed by atoms with van der Waals surface area (Å²) in [6.07, 6.45) is 8.37. The van der Waals surface area contributed by atoms with Crippen LogP contribution in [0.3, 0.4) is 0 Å². The van der Waals surface area contributed by atoms with Gasteiger partial charge in [-0.25, -0.2) is 0 Å². The summed E-state index contributed by atoms with van der Waals surface area (Å²) in [6.45, 7) is 3.14. The van der Waals surface area contributed by atoms with Gasteiger partial charge in [-0.05, 0) is 44.0 Å². The van der Waals surface area contributed by atoms with Crippen LogP contribution in [0.5, 0.6) is 0 Å². The molecule has 0 heterocycles. The van der Waals surface area contributed by atoms with Crippen LogP contribution in [0.2, 0.25) is 0 Å². The van der Waals surface area contributed by atoms with Crippen LogP contribution in [0.4, 0.5) is 5.69 Å². The Hall–Kier alpha value is -1.02. The molecule has 2 heteroatoms. The van der Waals surface area contributed by atoms with Crippen LogP contribution in [-0.4, -0.2) is 18.0 Å². The summed E-state index contributed by atoms with van der Waals surface area (Å²) < 4.78 is 0. The first-order valence-electron chi connectivity index (χ1n) is 7.22. The minimum Gasteiger partial charge on any atom is -0.399 e. The van der Waals surface area contributed by atoms with Gasteiger partial charge in [-0.15, -0.1) is 0 Å². The lowest BCUT2D eigenvalue weighted by molar-refractivity contribution is 0.213. The van der Waals surface area contributed by atoms with Gasteiger partial charge in [-0.2, -0.15) is 0 Å². The summed E-state index contributed by atoms with van der Waals surface area (Å²) in [5, 5.41) is 0. The molecular formula is C16H26N2. The smallest absolute Gasteiger partial charge is 0.0343 e. The molecule has 0 radical (unpaired) electrons. The van der Waals surface area contributed by atoms with Gasteiger partial charge in [0, 0.05) is 18.3 Å². The van der Waals surface area contributed by atoms with E-state index in [0.29, 0.717) is 0 Å². The molecule has 0 spiro atoms. The zero-order valence-corrected chi connectivity index (χ0v) is 11.8. The van der Waals surface area contributed by atoms with Crippen molar-refractivity contribution in [2.75, 3.05) is 12.8 Å². The molecule has 2 nitrogen and oxygen atoms in total. The Morgan fingerprint density at radius 3 is 2.44 bits per heavy atom. The van der Waals surface area contributed by atoms with Crippen molar-refractivity contribution in [2.45, 2.75) is 58.0 Å². The van der Waals surface area contributed by atoms with Crippen LogP contribution >= 0.6 is 0 Å². The molecule has 100 valence electrons. The fraction of sp³-hybridized carbons (Fsp3) is 0.625. The lowest BCUT2D eigenvalue weighted by Crippen LogP contribution is -2.30. The molecule has 0 saturated heterocycles. The minimum atomic E-state index is 0.769. The van der Waals surface area contributed by atoms with Crippen molar-refractivity contribution in [3.05, 3.63) is 29.3 Å². The molecule has 2 rings (SSSR count). The summed E-state index contributed by atoms with van der Waals surface area (Å²) >= 11 is 0. The highest BCUT2D eigenvalue weighted by Gasteiger charge is 2.16. The second-order valence-electron chi connectivity index (χ2n) is 5.75. The van der Waals surface area contributed by atoms with E-state index in [1.54, 1.807) is 0 Å². The molecule has 0 aromatic heterocycles. The Labute approximate surface area is 111 Å². The summed E-state index contributed by atoms with van der Waals surface area (Å²) in [5.74, 6) is 0. The number of anilines is 1. The van der Waals surface area contributed by atoms with Crippen molar-refractivity contribution in [1.29, 1.82) is 0 Å². The van der Waals surface area contributed by atoms with Crippen LogP contribution in [0.25, 0.3) is 0 Å². The summed E-state index contributed by atoms with van der Waals surface area (Å²) in [6, 6.07) is 7.19. The lowest BCUT2D eigenvalue weighted by Gasteiger charge is -2.27. The van der Waals surface area contributed by atoms with Crippen molar-refractivity contribution < 1.29 is 0 Å². The van der Waals surface area contributed by atoms with Gasteiger partial charge in [0.1, 0.15) is 0 Å². The van der Waals surface area contributed by atoms with Crippen LogP contribution in [0, 0.1) is 6.92 Å². The first-order chi connectivity index (χ1) is 8.66. The molecule has 0 bridgehead atoms. The van der Waals surface area contributed by atoms with Gasteiger partial charge in [-0.3, -0.25) is 4.90 Å². The van der Waals surface area contributed by atoms with Crippen molar-refractivity contribution in [3.8, 4) is 0 Å². The second kappa shape index (κ2) is 6.24. The zero-order chi connectivity index (χ0) is 13.0. The normalized spacial score (nSPS) is 17.9. The minimum absolute atomic E-state index is 0.769. The zero-order valence-electron chi connectivity index (χ0n) is 11.8. The van der Waals surface area contributed by atoms with Crippen molar-refractivity contribution in [1.82, 2.24) is 4.90 Å². The van der Waals surface area contributed by atoms with E-state index < -0.39 is 0 Å². The topological polar surface area (TPSA) is 29.3 Å². The number of hydrogen-bond acceptors (Lipinski definition) is 2. The van der Waals surface area contributed by atoms with Gasteiger partial charge in [-0.1, -0.05) is 37.8 Å². The molecule has 1 fully saturated rings. The van der Waals surface area contributed by atoms with Gasteiger partial charge in [0.25, 0.3) is 0 Å². The molecule has 1 aromatic carbocycles. The fourth-order valence-electron chi connectivity index (χ4n) is 2.95. The van der Waals surface area contributed by atoms with Gasteiger partial charge < -0.3 is 5.73 Å². The maximum atomic E-state index is 5.87. The number of rotatable bonds is 3. The molecule has 1 aliphatic carbocycles. The molecule has 18 heavy (non-hydrogen) atoms. The Bertz CT molecular complexity index is 379. The molecular weight excluding hydrogens is 220 g/mol. The predicted octanol–water partition coefficient (Wildman–Crippen LogP) is 3.73. The van der Waals surface area contributed by atoms with Crippen molar-refractivity contribution >= 4 is 5.69 Å². The monoisotopic (exact) mass is 246 g/mol. The van der Waals surface area contributed by atoms with Crippen LogP contribution < -0.4 is 5.73 Å². The molecule has 1 aromatic rings. The van der Waals surface area contributed by atoms with Gasteiger partial charge >= 0.3 is 0 Å². The molecule has 0 amide bonds. The van der Waals surface area contributed by atoms with E-state index in [1.807, 2.05) is 6.07 Å². The Morgan fingerprint density at radius 2 is 1.83 bits per heavy atom. The molecule has 1 saturated carbocycles. The average molecular weight is 246 g/mol. The van der Waals surface area contributed by atoms with E-state index in [0.717, 1.165) is 18.3 Å². The Balaban J connectivity index is 1.96. The number of nitrogens with zero attached hydrogens (tertiary/aromatic N) is 1. The highest BCUT2D eigenvalue weighted by molar-refractivity contribution is 5.47. The molecule has 0 atom stereocenters. The van der Waals surface area contributed by atoms with Crippen molar-refractivity contribution in [2.24, 2.45) is 0 Å². The van der Waals surface area contributed by atoms with Crippen molar-refractivity contribution in [3.63, 3.8) is 0 Å². The summed E-state index contributed by atoms with van der Waals surface area (Å²) in [4.78, 5) is 2.52. The second-order valence-corrected chi connectivity index (χ2v) is 5.75. The van der Waals surface area contributed by atoms with E-state index in [1.165, 1.54) is 49.7 Å². The van der Waals surface area contributed by atoms with Crippen LogP contribution in [0.1, 0.15) is 49.7 Å². The standard InChI is InChI=1S/C16H26N2/c1-13-11-14(9-10-16(13)17)12-18(2)15-7-5-3-4-6-8-15/h9-11,15H,3-8,12,17H2,1-2H3. The SMILES string of the molecule is Cc1cc(CN(C)C2CCCCCC2)ccc1N. The third kappa shape index (κ3) is 3.49. The van der Waals surface area contributed by atoms with E-state index in [9.17, 15) is 0 Å². The van der Waals surface area contributed by atoms with Gasteiger partial charge in [0.15, 0.2) is 0 Å². The summed E-state index contributed by atoms with van der Waals surface area (Å²) in [7, 11) is 2.27. The maximum Gasteiger partial charge on any atom is 0.0343 e. The number of aryl methyl sites for hydroxylation is 1. The lowest BCUT2D eigenvalue weighted by atomic mass is 10.1. The summed E-state index contributed by atoms with van der Waals surface area (Å²) in [5.41, 5.74) is 9.35. The molecule has 0 aliphatic heterocycles. The van der Waals surface area contributed by atoms with Crippen LogP contribution in [-0.2, 0) is 6.54 Å². The molecule has 2 N–H and O–H groups in total. The number of nitrogen functional groups attached to an aromatic ring is 1. The molecule has 0 unspecified atom stereocenters. The number of hydrogen-bond donors (Lipinski definition) is 1. The van der Waals surface area contributed by atoms with Gasteiger partial charge in [0.05, 0.1) is 0 Å². The third-order valence-corrected chi connectivity index (χ3v) is 4.21. The number of benzene rings is 1. The predicted molar refractivity (Wildman–Crippen MR) is 78.5 cm³/mol.